The predicted octanol–water partition coefficient (Wildman–Crippen LogP) is -1.77. The van der Waals surface area contributed by atoms with Gasteiger partial charge in [-0.25, -0.2) is 13.6 Å². The van der Waals surface area contributed by atoms with E-state index < -0.39 is 40.8 Å². The molecule has 3 unspecified atom stereocenters. The van der Waals surface area contributed by atoms with Crippen molar-refractivity contribution >= 4 is 15.9 Å². The molecule has 9 heteroatoms. The van der Waals surface area contributed by atoms with Gasteiger partial charge >= 0.3 is 0 Å². The van der Waals surface area contributed by atoms with Gasteiger partial charge in [-0.1, -0.05) is 18.2 Å². The highest BCUT2D eigenvalue weighted by Crippen LogP contribution is 2.21. The Kier molecular flexibility index (Phi) is 5.81. The number of carbonyl (C=O) groups excluding carboxylic acids is 1. The third-order valence-corrected chi connectivity index (χ3v) is 3.86. The maximum absolute atomic E-state index is 11.7. The summed E-state index contributed by atoms with van der Waals surface area (Å²) in [4.78, 5) is 11.5. The van der Waals surface area contributed by atoms with Crippen LogP contribution in [0.2, 0.25) is 0 Å². The number of amides is 1. The lowest BCUT2D eigenvalue weighted by molar-refractivity contribution is -0.137. The summed E-state index contributed by atoms with van der Waals surface area (Å²) in [6.45, 7) is 0.719. The second-order valence-corrected chi connectivity index (χ2v) is 6.04. The highest BCUT2D eigenvalue weighted by atomic mass is 32.2. The minimum atomic E-state index is -3.96. The molecule has 21 heavy (non-hydrogen) atoms. The third kappa shape index (κ3) is 4.48. The fourth-order valence-corrected chi connectivity index (χ4v) is 2.59. The number of hydrogen-bond acceptors (Lipinski definition) is 6. The first-order chi connectivity index (χ1) is 9.68. The first-order valence-electron chi connectivity index (χ1n) is 6.07. The number of nitrogens with one attached hydrogen (secondary N) is 1. The molecule has 0 saturated carbocycles. The van der Waals surface area contributed by atoms with E-state index >= 15 is 0 Å². The van der Waals surface area contributed by atoms with Crippen LogP contribution in [-0.2, 0) is 14.8 Å². The van der Waals surface area contributed by atoms with E-state index in [-0.39, 0.29) is 10.5 Å². The van der Waals surface area contributed by atoms with Crippen molar-refractivity contribution in [3.63, 3.8) is 0 Å². The van der Waals surface area contributed by atoms with Crippen molar-refractivity contribution < 1.29 is 28.5 Å². The van der Waals surface area contributed by atoms with Crippen molar-refractivity contribution in [2.45, 2.75) is 30.1 Å². The maximum Gasteiger partial charge on any atom is 0.252 e. The molecule has 8 nitrogen and oxygen atoms in total. The van der Waals surface area contributed by atoms with Gasteiger partial charge in [0.25, 0.3) is 5.91 Å². The van der Waals surface area contributed by atoms with Crippen LogP contribution in [0.4, 0.5) is 0 Å². The van der Waals surface area contributed by atoms with Gasteiger partial charge in [-0.3, -0.25) is 4.79 Å². The van der Waals surface area contributed by atoms with E-state index in [4.69, 9.17) is 10.2 Å². The van der Waals surface area contributed by atoms with Crippen molar-refractivity contribution in [2.75, 3.05) is 6.61 Å². The molecular weight excluding hydrogens is 300 g/mol. The van der Waals surface area contributed by atoms with Crippen LogP contribution in [0, 0.1) is 0 Å². The highest BCUT2D eigenvalue weighted by molar-refractivity contribution is 7.89. The number of rotatable bonds is 6. The molecule has 6 N–H and O–H groups in total. The van der Waals surface area contributed by atoms with E-state index in [0.29, 0.717) is 0 Å². The van der Waals surface area contributed by atoms with Gasteiger partial charge in [0.15, 0.2) is 6.10 Å². The molecule has 0 saturated heterocycles. The molecule has 0 radical (unpaired) electrons. The minimum Gasteiger partial charge on any atom is -0.394 e. The summed E-state index contributed by atoms with van der Waals surface area (Å²) < 4.78 is 22.9. The van der Waals surface area contributed by atoms with E-state index in [9.17, 15) is 23.4 Å². The SMILES string of the molecule is CC(NC(=O)C(O)C(O)CO)c1ccccc1S(N)(=O)=O. The topological polar surface area (TPSA) is 150 Å². The fourth-order valence-electron chi connectivity index (χ4n) is 1.75. The average molecular weight is 318 g/mol. The number of carbonyl (C=O) groups is 1. The Labute approximate surface area is 122 Å². The van der Waals surface area contributed by atoms with E-state index in [0.717, 1.165) is 0 Å². The second kappa shape index (κ2) is 6.96. The molecular formula is C12H18N2O6S. The Hall–Kier alpha value is -1.52. The van der Waals surface area contributed by atoms with Crippen LogP contribution in [0.15, 0.2) is 29.2 Å². The number of nitrogens with two attached hydrogens (primary N) is 1. The quantitative estimate of drug-likeness (QED) is 0.419. The molecule has 0 aliphatic carbocycles. The van der Waals surface area contributed by atoms with Crippen molar-refractivity contribution in [3.8, 4) is 0 Å². The zero-order valence-electron chi connectivity index (χ0n) is 11.3. The van der Waals surface area contributed by atoms with E-state index in [2.05, 4.69) is 5.32 Å². The zero-order valence-corrected chi connectivity index (χ0v) is 12.1. The van der Waals surface area contributed by atoms with E-state index in [1.807, 2.05) is 0 Å². The lowest BCUT2D eigenvalue weighted by Gasteiger charge is -2.20. The van der Waals surface area contributed by atoms with Gasteiger partial charge in [-0.2, -0.15) is 0 Å². The van der Waals surface area contributed by atoms with Crippen LogP contribution < -0.4 is 10.5 Å². The number of aliphatic hydroxyl groups excluding tert-OH is 3. The van der Waals surface area contributed by atoms with Gasteiger partial charge in [-0.05, 0) is 18.6 Å². The predicted molar refractivity (Wildman–Crippen MR) is 73.5 cm³/mol. The molecule has 3 atom stereocenters. The fraction of sp³-hybridized carbons (Fsp3) is 0.417. The average Bonchev–Trinajstić information content (AvgIpc) is 2.44. The number of benzene rings is 1. The number of primary sulfonamides is 1. The summed E-state index contributed by atoms with van der Waals surface area (Å²) in [5, 5.41) is 34.7. The summed E-state index contributed by atoms with van der Waals surface area (Å²) >= 11 is 0. The summed E-state index contributed by atoms with van der Waals surface area (Å²) in [5.41, 5.74) is 0.249. The Bertz CT molecular complexity index is 604. The van der Waals surface area contributed by atoms with E-state index in [1.54, 1.807) is 6.07 Å². The van der Waals surface area contributed by atoms with Crippen LogP contribution in [0.1, 0.15) is 18.5 Å². The van der Waals surface area contributed by atoms with Crippen molar-refractivity contribution in [1.82, 2.24) is 5.32 Å². The van der Waals surface area contributed by atoms with Gasteiger partial charge in [0.05, 0.1) is 17.5 Å². The van der Waals surface area contributed by atoms with Gasteiger partial charge in [0.1, 0.15) is 6.10 Å². The third-order valence-electron chi connectivity index (χ3n) is 2.87. The molecule has 0 aromatic heterocycles. The molecule has 0 bridgehead atoms. The Balaban J connectivity index is 2.96. The van der Waals surface area contributed by atoms with Gasteiger partial charge < -0.3 is 20.6 Å². The summed E-state index contributed by atoms with van der Waals surface area (Å²) in [5.74, 6) is -0.937. The van der Waals surface area contributed by atoms with Crippen LogP contribution in [0.3, 0.4) is 0 Å². The molecule has 0 spiro atoms. The monoisotopic (exact) mass is 318 g/mol. The smallest absolute Gasteiger partial charge is 0.252 e. The van der Waals surface area contributed by atoms with Gasteiger partial charge in [0.2, 0.25) is 10.0 Å². The first-order valence-corrected chi connectivity index (χ1v) is 7.62. The molecule has 0 aliphatic heterocycles. The van der Waals surface area contributed by atoms with Crippen molar-refractivity contribution in [1.29, 1.82) is 0 Å². The Morgan fingerprint density at radius 1 is 1.33 bits per heavy atom. The molecule has 0 fully saturated rings. The highest BCUT2D eigenvalue weighted by Gasteiger charge is 2.26. The van der Waals surface area contributed by atoms with Gasteiger partial charge in [0, 0.05) is 0 Å². The number of aliphatic hydroxyl groups is 3. The Morgan fingerprint density at radius 3 is 2.43 bits per heavy atom. The van der Waals surface area contributed by atoms with Gasteiger partial charge in [-0.15, -0.1) is 0 Å². The molecule has 118 valence electrons. The molecule has 1 amide bonds. The molecule has 1 aromatic carbocycles. The van der Waals surface area contributed by atoms with Crippen LogP contribution in [-0.4, -0.2) is 48.5 Å². The number of sulfonamides is 1. The van der Waals surface area contributed by atoms with Crippen LogP contribution in [0.25, 0.3) is 0 Å². The molecule has 1 aromatic rings. The van der Waals surface area contributed by atoms with Crippen molar-refractivity contribution in [3.05, 3.63) is 29.8 Å². The minimum absolute atomic E-state index is 0.144. The molecule has 1 rings (SSSR count). The summed E-state index contributed by atoms with van der Waals surface area (Å²) in [6, 6.07) is 5.06. The second-order valence-electron chi connectivity index (χ2n) is 4.51. The molecule has 0 aliphatic rings. The van der Waals surface area contributed by atoms with Crippen molar-refractivity contribution in [2.24, 2.45) is 5.14 Å². The Morgan fingerprint density at radius 2 is 1.90 bits per heavy atom. The van der Waals surface area contributed by atoms with Crippen LogP contribution in [0.5, 0.6) is 0 Å². The summed E-state index contributed by atoms with van der Waals surface area (Å²) in [6.07, 6.45) is -3.44. The lowest BCUT2D eigenvalue weighted by Crippen LogP contribution is -2.44. The first kappa shape index (κ1) is 17.5. The lowest BCUT2D eigenvalue weighted by atomic mass is 10.1. The maximum atomic E-state index is 11.7. The van der Waals surface area contributed by atoms with Crippen LogP contribution >= 0.6 is 0 Å². The molecule has 0 heterocycles. The number of hydrogen-bond donors (Lipinski definition) is 5. The zero-order chi connectivity index (χ0) is 16.2. The normalized spacial score (nSPS) is 16.0. The van der Waals surface area contributed by atoms with E-state index in [1.165, 1.54) is 25.1 Å². The largest absolute Gasteiger partial charge is 0.394 e. The summed E-state index contributed by atoms with van der Waals surface area (Å²) in [7, 11) is -3.96. The standard InChI is InChI=1S/C12H18N2O6S/c1-7(14-12(18)11(17)9(16)6-15)8-4-2-3-5-10(8)21(13,19)20/h2-5,7,9,11,15-17H,6H2,1H3,(H,14,18)(H2,13,19,20).